The van der Waals surface area contributed by atoms with Crippen molar-refractivity contribution in [1.29, 1.82) is 0 Å². The molecule has 0 bridgehead atoms. The van der Waals surface area contributed by atoms with Gasteiger partial charge >= 0.3 is 5.97 Å². The number of rotatable bonds is 8. The van der Waals surface area contributed by atoms with Gasteiger partial charge in [-0.15, -0.1) is 0 Å². The molecule has 0 spiro atoms. The first-order valence-electron chi connectivity index (χ1n) is 10.5. The first-order valence-corrected chi connectivity index (χ1v) is 11.7. The quantitative estimate of drug-likeness (QED) is 0.219. The van der Waals surface area contributed by atoms with Crippen molar-refractivity contribution >= 4 is 46.6 Å². The number of esters is 1. The van der Waals surface area contributed by atoms with E-state index in [1.807, 2.05) is 18.2 Å². The van der Waals surface area contributed by atoms with Gasteiger partial charge in [-0.1, -0.05) is 41.9 Å². The Morgan fingerprint density at radius 2 is 1.74 bits per heavy atom. The molecule has 0 N–H and O–H groups in total. The molecule has 0 saturated carbocycles. The molecule has 2 amide bonds. The van der Waals surface area contributed by atoms with Gasteiger partial charge in [-0.25, -0.2) is 4.79 Å². The van der Waals surface area contributed by atoms with Gasteiger partial charge in [0.15, 0.2) is 11.5 Å². The van der Waals surface area contributed by atoms with E-state index in [4.69, 9.17) is 25.8 Å². The Bertz CT molecular complexity index is 1280. The van der Waals surface area contributed by atoms with Gasteiger partial charge in [0.2, 0.25) is 0 Å². The predicted molar refractivity (Wildman–Crippen MR) is 134 cm³/mol. The van der Waals surface area contributed by atoms with Gasteiger partial charge in [-0.2, -0.15) is 0 Å². The Morgan fingerprint density at radius 3 is 2.46 bits per heavy atom. The third-order valence-electron chi connectivity index (χ3n) is 4.99. The Hall–Kier alpha value is -3.75. The molecule has 3 aromatic rings. The van der Waals surface area contributed by atoms with E-state index in [0.29, 0.717) is 27.6 Å². The van der Waals surface area contributed by atoms with Gasteiger partial charge in [0.05, 0.1) is 24.1 Å². The molecule has 1 fully saturated rings. The van der Waals surface area contributed by atoms with Crippen LogP contribution < -0.4 is 14.2 Å². The Morgan fingerprint density at radius 1 is 1.00 bits per heavy atom. The summed E-state index contributed by atoms with van der Waals surface area (Å²) in [6, 6.07) is 20.4. The summed E-state index contributed by atoms with van der Waals surface area (Å²) in [5.41, 5.74) is 0.711. The van der Waals surface area contributed by atoms with Crippen molar-refractivity contribution in [1.82, 2.24) is 4.90 Å². The molecule has 9 heteroatoms. The minimum Gasteiger partial charge on any atom is -0.493 e. The average molecular weight is 510 g/mol. The maximum atomic E-state index is 12.9. The molecule has 4 rings (SSSR count). The standard InChI is InChI=1S/C26H20ClNO6S/c1-32-21-9-5-6-18(23(21)34-25(30)17-10-12-19(27)13-11-17)16-22-24(29)28(26(31)35-22)14-15-33-20-7-3-2-4-8-20/h2-13,16H,14-15H2,1H3/b22-16-. The molecular formula is C26H20ClNO6S. The third-order valence-corrected chi connectivity index (χ3v) is 6.15. The molecule has 7 nitrogen and oxygen atoms in total. The summed E-state index contributed by atoms with van der Waals surface area (Å²) in [6.45, 7) is 0.270. The van der Waals surface area contributed by atoms with Gasteiger partial charge in [0.25, 0.3) is 11.1 Å². The van der Waals surface area contributed by atoms with E-state index < -0.39 is 17.1 Å². The Kier molecular flexibility index (Phi) is 7.74. The number of ether oxygens (including phenoxy) is 3. The van der Waals surface area contributed by atoms with Crippen LogP contribution in [-0.4, -0.2) is 42.3 Å². The maximum absolute atomic E-state index is 12.9. The van der Waals surface area contributed by atoms with Crippen molar-refractivity contribution in [3.63, 3.8) is 0 Å². The lowest BCUT2D eigenvalue weighted by molar-refractivity contribution is -0.123. The van der Waals surface area contributed by atoms with E-state index in [2.05, 4.69) is 0 Å². The molecule has 3 aromatic carbocycles. The number of benzene rings is 3. The highest BCUT2D eigenvalue weighted by atomic mass is 35.5. The summed E-state index contributed by atoms with van der Waals surface area (Å²) in [6.07, 6.45) is 1.51. The number of methoxy groups -OCH3 is 1. The Labute approximate surface area is 211 Å². The zero-order valence-corrected chi connectivity index (χ0v) is 20.2. The SMILES string of the molecule is COc1cccc(/C=C2\SC(=O)N(CCOc3ccccc3)C2=O)c1OC(=O)c1ccc(Cl)cc1. The monoisotopic (exact) mass is 509 g/mol. The molecule has 1 heterocycles. The van der Waals surface area contributed by atoms with E-state index in [9.17, 15) is 14.4 Å². The number of thioether (sulfide) groups is 1. The van der Waals surface area contributed by atoms with Crippen LogP contribution in [-0.2, 0) is 4.79 Å². The van der Waals surface area contributed by atoms with Gasteiger partial charge in [-0.05, 0) is 60.3 Å². The molecule has 1 aliphatic rings. The van der Waals surface area contributed by atoms with E-state index in [1.165, 1.54) is 13.2 Å². The molecule has 0 aliphatic carbocycles. The van der Waals surface area contributed by atoms with Crippen LogP contribution in [0.5, 0.6) is 17.2 Å². The first kappa shape index (κ1) is 24.4. The summed E-state index contributed by atoms with van der Waals surface area (Å²) in [4.78, 5) is 39.4. The fourth-order valence-electron chi connectivity index (χ4n) is 3.26. The molecule has 0 radical (unpaired) electrons. The normalized spacial score (nSPS) is 14.3. The molecular weight excluding hydrogens is 490 g/mol. The summed E-state index contributed by atoms with van der Waals surface area (Å²) >= 11 is 6.70. The van der Waals surface area contributed by atoms with Crippen LogP contribution in [0.15, 0.2) is 77.7 Å². The van der Waals surface area contributed by atoms with Crippen LogP contribution in [0.4, 0.5) is 4.79 Å². The number of hydrogen-bond acceptors (Lipinski definition) is 7. The smallest absolute Gasteiger partial charge is 0.343 e. The van der Waals surface area contributed by atoms with Gasteiger partial charge in [-0.3, -0.25) is 14.5 Å². The van der Waals surface area contributed by atoms with Crippen molar-refractivity contribution in [2.24, 2.45) is 0 Å². The van der Waals surface area contributed by atoms with E-state index in [0.717, 1.165) is 16.7 Å². The minimum absolute atomic E-state index is 0.105. The lowest BCUT2D eigenvalue weighted by Gasteiger charge is -2.13. The summed E-state index contributed by atoms with van der Waals surface area (Å²) < 4.78 is 16.6. The molecule has 0 aromatic heterocycles. The van der Waals surface area contributed by atoms with Crippen molar-refractivity contribution in [2.75, 3.05) is 20.3 Å². The number of para-hydroxylation sites is 2. The molecule has 1 aliphatic heterocycles. The zero-order chi connectivity index (χ0) is 24.8. The highest BCUT2D eigenvalue weighted by Crippen LogP contribution is 2.37. The largest absolute Gasteiger partial charge is 0.493 e. The van der Waals surface area contributed by atoms with Crippen LogP contribution in [0.2, 0.25) is 5.02 Å². The number of amides is 2. The number of halogens is 1. The second-order valence-electron chi connectivity index (χ2n) is 7.27. The second kappa shape index (κ2) is 11.1. The van der Waals surface area contributed by atoms with Crippen LogP contribution >= 0.6 is 23.4 Å². The van der Waals surface area contributed by atoms with Gasteiger partial charge in [0, 0.05) is 10.6 Å². The number of hydrogen-bond donors (Lipinski definition) is 0. The van der Waals surface area contributed by atoms with E-state index in [1.54, 1.807) is 54.6 Å². The fourth-order valence-corrected chi connectivity index (χ4v) is 4.24. The molecule has 178 valence electrons. The van der Waals surface area contributed by atoms with E-state index >= 15 is 0 Å². The van der Waals surface area contributed by atoms with Crippen LogP contribution in [0.1, 0.15) is 15.9 Å². The average Bonchev–Trinajstić information content (AvgIpc) is 3.13. The predicted octanol–water partition coefficient (Wildman–Crippen LogP) is 5.68. The van der Waals surface area contributed by atoms with Crippen LogP contribution in [0.25, 0.3) is 6.08 Å². The number of imide groups is 1. The summed E-state index contributed by atoms with van der Waals surface area (Å²) in [5, 5.41) is 0.0879. The maximum Gasteiger partial charge on any atom is 0.343 e. The summed E-state index contributed by atoms with van der Waals surface area (Å²) in [5.74, 6) is 0.0192. The fraction of sp³-hybridized carbons (Fsp3) is 0.115. The highest BCUT2D eigenvalue weighted by molar-refractivity contribution is 8.18. The summed E-state index contributed by atoms with van der Waals surface area (Å²) in [7, 11) is 1.44. The van der Waals surface area contributed by atoms with E-state index in [-0.39, 0.29) is 23.8 Å². The van der Waals surface area contributed by atoms with Crippen LogP contribution in [0, 0.1) is 0 Å². The zero-order valence-electron chi connectivity index (χ0n) is 18.6. The molecule has 0 atom stereocenters. The van der Waals surface area contributed by atoms with Gasteiger partial charge < -0.3 is 14.2 Å². The molecule has 35 heavy (non-hydrogen) atoms. The number of carbonyl (C=O) groups is 3. The number of carbonyl (C=O) groups excluding carboxylic acids is 3. The topological polar surface area (TPSA) is 82.1 Å². The third kappa shape index (κ3) is 5.85. The van der Waals surface area contributed by atoms with Crippen molar-refractivity contribution in [3.8, 4) is 17.2 Å². The number of nitrogens with zero attached hydrogens (tertiary/aromatic N) is 1. The van der Waals surface area contributed by atoms with Crippen molar-refractivity contribution < 1.29 is 28.6 Å². The Balaban J connectivity index is 1.52. The minimum atomic E-state index is -0.619. The first-order chi connectivity index (χ1) is 17.0. The van der Waals surface area contributed by atoms with Crippen molar-refractivity contribution in [2.45, 2.75) is 0 Å². The molecule has 0 unspecified atom stereocenters. The lowest BCUT2D eigenvalue weighted by atomic mass is 10.1. The van der Waals surface area contributed by atoms with Crippen molar-refractivity contribution in [3.05, 3.63) is 93.9 Å². The van der Waals surface area contributed by atoms with Crippen LogP contribution in [0.3, 0.4) is 0 Å². The lowest BCUT2D eigenvalue weighted by Crippen LogP contribution is -2.32. The molecule has 1 saturated heterocycles. The highest BCUT2D eigenvalue weighted by Gasteiger charge is 2.35. The van der Waals surface area contributed by atoms with Gasteiger partial charge in [0.1, 0.15) is 12.4 Å². The second-order valence-corrected chi connectivity index (χ2v) is 8.70.